The number of nitrogens with two attached hydrogens (primary N) is 1. The molecule has 0 saturated carbocycles. The molecule has 1 rings (SSSR count). The Hall–Kier alpha value is -0.570. The first-order chi connectivity index (χ1) is 8.04. The van der Waals surface area contributed by atoms with Crippen molar-refractivity contribution in [1.29, 1.82) is 0 Å². The van der Waals surface area contributed by atoms with Crippen LogP contribution in [0, 0.1) is 11.8 Å². The lowest BCUT2D eigenvalue weighted by atomic mass is 9.93. The van der Waals surface area contributed by atoms with Crippen molar-refractivity contribution in [1.82, 2.24) is 4.90 Å². The molecule has 1 heterocycles. The molecular weight excluding hydrogens is 212 g/mol. The number of nitrogens with zero attached hydrogens (tertiary/aromatic N) is 1. The van der Waals surface area contributed by atoms with Gasteiger partial charge in [-0.15, -0.1) is 0 Å². The lowest BCUT2D eigenvalue weighted by Crippen LogP contribution is -2.48. The van der Waals surface area contributed by atoms with Crippen LogP contribution in [0.3, 0.4) is 0 Å². The van der Waals surface area contributed by atoms with E-state index < -0.39 is 0 Å². The first kappa shape index (κ1) is 14.5. The van der Waals surface area contributed by atoms with Crippen molar-refractivity contribution in [3.8, 4) is 0 Å². The van der Waals surface area contributed by atoms with Crippen molar-refractivity contribution in [2.75, 3.05) is 13.1 Å². The third kappa shape index (κ3) is 4.66. The van der Waals surface area contributed by atoms with Crippen LogP contribution < -0.4 is 5.73 Å². The highest BCUT2D eigenvalue weighted by Crippen LogP contribution is 2.21. The summed E-state index contributed by atoms with van der Waals surface area (Å²) >= 11 is 0. The molecule has 0 aromatic carbocycles. The van der Waals surface area contributed by atoms with Crippen molar-refractivity contribution in [2.45, 2.75) is 58.9 Å². The van der Waals surface area contributed by atoms with Crippen LogP contribution in [0.1, 0.15) is 52.9 Å². The highest BCUT2D eigenvalue weighted by Gasteiger charge is 2.26. The van der Waals surface area contributed by atoms with Gasteiger partial charge in [0.05, 0.1) is 6.04 Å². The molecule has 1 unspecified atom stereocenters. The van der Waals surface area contributed by atoms with E-state index in [-0.39, 0.29) is 11.9 Å². The largest absolute Gasteiger partial charge is 0.341 e. The van der Waals surface area contributed by atoms with Crippen LogP contribution >= 0.6 is 0 Å². The molecular formula is C14H28N2O. The van der Waals surface area contributed by atoms with E-state index in [1.165, 1.54) is 19.3 Å². The average molecular weight is 240 g/mol. The van der Waals surface area contributed by atoms with Gasteiger partial charge < -0.3 is 10.6 Å². The van der Waals surface area contributed by atoms with Gasteiger partial charge in [0.1, 0.15) is 0 Å². The topological polar surface area (TPSA) is 46.3 Å². The molecule has 0 aliphatic carbocycles. The molecule has 3 heteroatoms. The molecule has 2 N–H and O–H groups in total. The zero-order valence-corrected chi connectivity index (χ0v) is 11.6. The van der Waals surface area contributed by atoms with Gasteiger partial charge in [-0.1, -0.05) is 27.2 Å². The second-order valence-electron chi connectivity index (χ2n) is 5.82. The molecule has 0 aromatic rings. The highest BCUT2D eigenvalue weighted by atomic mass is 16.2. The summed E-state index contributed by atoms with van der Waals surface area (Å²) in [5, 5.41) is 0. The normalized spacial score (nSPS) is 22.9. The first-order valence-electron chi connectivity index (χ1n) is 7.09. The Morgan fingerprint density at radius 1 is 1.47 bits per heavy atom. The SMILES string of the molecule is CCCC1CCCN(C(=O)[C@@H](N)CC(C)C)C1. The van der Waals surface area contributed by atoms with Gasteiger partial charge in [0.2, 0.25) is 5.91 Å². The van der Waals surface area contributed by atoms with Crippen LogP contribution in [0.15, 0.2) is 0 Å². The fraction of sp³-hybridized carbons (Fsp3) is 0.929. The van der Waals surface area contributed by atoms with Crippen LogP contribution in [-0.4, -0.2) is 29.9 Å². The van der Waals surface area contributed by atoms with Gasteiger partial charge in [0, 0.05) is 13.1 Å². The third-order valence-corrected chi connectivity index (χ3v) is 3.57. The Morgan fingerprint density at radius 3 is 2.76 bits per heavy atom. The maximum Gasteiger partial charge on any atom is 0.239 e. The Bertz CT molecular complexity index is 238. The summed E-state index contributed by atoms with van der Waals surface area (Å²) < 4.78 is 0. The van der Waals surface area contributed by atoms with Crippen LogP contribution in [0.25, 0.3) is 0 Å². The molecule has 0 aromatic heterocycles. The number of piperidine rings is 1. The predicted octanol–water partition coefficient (Wildman–Crippen LogP) is 2.40. The van der Waals surface area contributed by atoms with E-state index in [0.29, 0.717) is 11.8 Å². The predicted molar refractivity (Wildman–Crippen MR) is 71.6 cm³/mol. The van der Waals surface area contributed by atoms with Crippen molar-refractivity contribution >= 4 is 5.91 Å². The number of rotatable bonds is 5. The molecule has 0 bridgehead atoms. The second kappa shape index (κ2) is 7.00. The van der Waals surface area contributed by atoms with Crippen molar-refractivity contribution in [3.63, 3.8) is 0 Å². The molecule has 3 nitrogen and oxygen atoms in total. The fourth-order valence-corrected chi connectivity index (χ4v) is 2.75. The van der Waals surface area contributed by atoms with Gasteiger partial charge >= 0.3 is 0 Å². The van der Waals surface area contributed by atoms with E-state index in [2.05, 4.69) is 20.8 Å². The molecule has 0 spiro atoms. The van der Waals surface area contributed by atoms with E-state index in [0.717, 1.165) is 25.9 Å². The first-order valence-corrected chi connectivity index (χ1v) is 7.09. The Kier molecular flexibility index (Phi) is 5.96. The van der Waals surface area contributed by atoms with E-state index in [4.69, 9.17) is 5.73 Å². The maximum absolute atomic E-state index is 12.2. The van der Waals surface area contributed by atoms with Gasteiger partial charge in [-0.3, -0.25) is 4.79 Å². The summed E-state index contributed by atoms with van der Waals surface area (Å²) in [6.45, 7) is 8.28. The Morgan fingerprint density at radius 2 is 2.18 bits per heavy atom. The maximum atomic E-state index is 12.2. The number of hydrogen-bond acceptors (Lipinski definition) is 2. The van der Waals surface area contributed by atoms with Crippen molar-refractivity contribution < 1.29 is 4.79 Å². The molecule has 1 saturated heterocycles. The van der Waals surface area contributed by atoms with Crippen molar-refractivity contribution in [3.05, 3.63) is 0 Å². The average Bonchev–Trinajstić information content (AvgIpc) is 2.28. The molecule has 0 radical (unpaired) electrons. The minimum Gasteiger partial charge on any atom is -0.341 e. The second-order valence-corrected chi connectivity index (χ2v) is 5.82. The van der Waals surface area contributed by atoms with Gasteiger partial charge in [0.25, 0.3) is 0 Å². The van der Waals surface area contributed by atoms with Crippen LogP contribution in [0.5, 0.6) is 0 Å². The quantitative estimate of drug-likeness (QED) is 0.802. The smallest absolute Gasteiger partial charge is 0.239 e. The van der Waals surface area contributed by atoms with Gasteiger partial charge in [0.15, 0.2) is 0 Å². The van der Waals surface area contributed by atoms with E-state index >= 15 is 0 Å². The van der Waals surface area contributed by atoms with Gasteiger partial charge in [-0.05, 0) is 37.5 Å². The summed E-state index contributed by atoms with van der Waals surface area (Å²) in [5.41, 5.74) is 5.98. The monoisotopic (exact) mass is 240 g/mol. The number of hydrogen-bond donors (Lipinski definition) is 1. The minimum absolute atomic E-state index is 0.166. The molecule has 1 fully saturated rings. The zero-order chi connectivity index (χ0) is 12.8. The lowest BCUT2D eigenvalue weighted by Gasteiger charge is -2.34. The molecule has 1 aliphatic heterocycles. The lowest BCUT2D eigenvalue weighted by molar-refractivity contribution is -0.134. The van der Waals surface area contributed by atoms with Gasteiger partial charge in [-0.2, -0.15) is 0 Å². The van der Waals surface area contributed by atoms with Crippen LogP contribution in [0.2, 0.25) is 0 Å². The third-order valence-electron chi connectivity index (χ3n) is 3.57. The van der Waals surface area contributed by atoms with E-state index in [9.17, 15) is 4.79 Å². The standard InChI is InChI=1S/C14H28N2O/c1-4-6-12-7-5-8-16(10-12)14(17)13(15)9-11(2)3/h11-13H,4-10,15H2,1-3H3/t12?,13-/m0/s1. The Balaban J connectivity index is 2.45. The van der Waals surface area contributed by atoms with Crippen molar-refractivity contribution in [2.24, 2.45) is 17.6 Å². The van der Waals surface area contributed by atoms with Crippen LogP contribution in [-0.2, 0) is 4.79 Å². The molecule has 17 heavy (non-hydrogen) atoms. The fourth-order valence-electron chi connectivity index (χ4n) is 2.75. The summed E-state index contributed by atoms with van der Waals surface area (Å²) in [4.78, 5) is 14.2. The summed E-state index contributed by atoms with van der Waals surface area (Å²) in [6.07, 6.45) is 5.67. The van der Waals surface area contributed by atoms with Gasteiger partial charge in [-0.25, -0.2) is 0 Å². The Labute approximate surface area is 106 Å². The van der Waals surface area contributed by atoms with Crippen LogP contribution in [0.4, 0.5) is 0 Å². The summed E-state index contributed by atoms with van der Waals surface area (Å²) in [5.74, 6) is 1.36. The molecule has 100 valence electrons. The molecule has 1 aliphatic rings. The highest BCUT2D eigenvalue weighted by molar-refractivity contribution is 5.81. The molecule has 1 amide bonds. The summed E-state index contributed by atoms with van der Waals surface area (Å²) in [7, 11) is 0. The van der Waals surface area contributed by atoms with E-state index in [1.54, 1.807) is 0 Å². The minimum atomic E-state index is -0.296. The van der Waals surface area contributed by atoms with E-state index in [1.807, 2.05) is 4.90 Å². The number of carbonyl (C=O) groups excluding carboxylic acids is 1. The number of carbonyl (C=O) groups is 1. The molecule has 2 atom stereocenters. The summed E-state index contributed by atoms with van der Waals surface area (Å²) in [6, 6.07) is -0.296. The zero-order valence-electron chi connectivity index (χ0n) is 11.6. The number of amides is 1. The number of likely N-dealkylation sites (tertiary alicyclic amines) is 1.